The second kappa shape index (κ2) is 6.16. The third kappa shape index (κ3) is 3.78. The number of pyridine rings is 1. The lowest BCUT2D eigenvalue weighted by molar-refractivity contribution is 0.310. The lowest BCUT2D eigenvalue weighted by atomic mass is 9.85. The number of hydrogen-bond acceptors (Lipinski definition) is 3. The molecule has 0 unspecified atom stereocenters. The fraction of sp³-hybridized carbons (Fsp3) is 0.625. The summed E-state index contributed by atoms with van der Waals surface area (Å²) in [5.41, 5.74) is 1.18. The summed E-state index contributed by atoms with van der Waals surface area (Å²) < 4.78 is 0. The van der Waals surface area contributed by atoms with E-state index in [4.69, 9.17) is 5.26 Å². The van der Waals surface area contributed by atoms with E-state index in [9.17, 15) is 0 Å². The Balaban J connectivity index is 1.84. The largest absolute Gasteiger partial charge is 0.313 e. The third-order valence-electron chi connectivity index (χ3n) is 4.10. The van der Waals surface area contributed by atoms with Gasteiger partial charge in [0, 0.05) is 35.8 Å². The minimum atomic E-state index is 0.0489. The fourth-order valence-electron chi connectivity index (χ4n) is 2.68. The van der Waals surface area contributed by atoms with Gasteiger partial charge in [-0.3, -0.25) is 4.98 Å². The molecule has 1 aliphatic rings. The smallest absolute Gasteiger partial charge is 0.0655 e. The molecule has 0 atom stereocenters. The molecule has 2 rings (SSSR count). The maximum Gasteiger partial charge on any atom is 0.0655 e. The average molecular weight is 257 g/mol. The first-order chi connectivity index (χ1) is 9.12. The maximum absolute atomic E-state index is 8.91. The number of nitrogens with one attached hydrogen (secondary N) is 1. The predicted octanol–water partition coefficient (Wildman–Crippen LogP) is 3.03. The molecule has 19 heavy (non-hydrogen) atoms. The van der Waals surface area contributed by atoms with Crippen molar-refractivity contribution in [1.82, 2.24) is 10.3 Å². The van der Waals surface area contributed by atoms with E-state index in [1.165, 1.54) is 0 Å². The topological polar surface area (TPSA) is 48.7 Å². The molecule has 0 bridgehead atoms. The second-order valence-corrected chi connectivity index (χ2v) is 6.16. The van der Waals surface area contributed by atoms with Crippen LogP contribution in [0.4, 0.5) is 0 Å². The minimum Gasteiger partial charge on any atom is -0.313 e. The molecule has 1 aromatic rings. The summed E-state index contributed by atoms with van der Waals surface area (Å²) >= 11 is 0. The van der Waals surface area contributed by atoms with Crippen molar-refractivity contribution in [2.45, 2.75) is 51.0 Å². The summed E-state index contributed by atoms with van der Waals surface area (Å²) in [7, 11) is 0. The van der Waals surface area contributed by atoms with E-state index in [-0.39, 0.29) is 11.3 Å². The van der Waals surface area contributed by atoms with Gasteiger partial charge in [0.1, 0.15) is 0 Å². The van der Waals surface area contributed by atoms with Crippen LogP contribution in [0.5, 0.6) is 0 Å². The van der Waals surface area contributed by atoms with E-state index in [1.807, 2.05) is 18.3 Å². The molecule has 1 heterocycles. The second-order valence-electron chi connectivity index (χ2n) is 6.16. The van der Waals surface area contributed by atoms with Gasteiger partial charge in [-0.05, 0) is 37.8 Å². The van der Waals surface area contributed by atoms with Crippen molar-refractivity contribution in [1.29, 1.82) is 5.26 Å². The first-order valence-corrected chi connectivity index (χ1v) is 7.16. The van der Waals surface area contributed by atoms with Crippen LogP contribution >= 0.6 is 0 Å². The number of nitriles is 1. The van der Waals surface area contributed by atoms with E-state index in [1.54, 1.807) is 0 Å². The summed E-state index contributed by atoms with van der Waals surface area (Å²) in [6.45, 7) is 5.39. The molecule has 1 saturated carbocycles. The van der Waals surface area contributed by atoms with Gasteiger partial charge in [0.15, 0.2) is 0 Å². The first-order valence-electron chi connectivity index (χ1n) is 7.16. The lowest BCUT2D eigenvalue weighted by Gasteiger charge is -2.31. The van der Waals surface area contributed by atoms with Crippen LogP contribution < -0.4 is 5.32 Å². The Bertz CT molecular complexity index is 425. The predicted molar refractivity (Wildman–Crippen MR) is 76.6 cm³/mol. The molecule has 1 fully saturated rings. The fourth-order valence-corrected chi connectivity index (χ4v) is 2.68. The molecule has 1 aromatic heterocycles. The van der Waals surface area contributed by atoms with Crippen molar-refractivity contribution in [2.24, 2.45) is 5.92 Å². The monoisotopic (exact) mass is 257 g/mol. The van der Waals surface area contributed by atoms with Crippen LogP contribution in [0, 0.1) is 17.2 Å². The summed E-state index contributed by atoms with van der Waals surface area (Å²) in [4.78, 5) is 4.46. The van der Waals surface area contributed by atoms with Crippen LogP contribution in [0.1, 0.15) is 45.2 Å². The van der Waals surface area contributed by atoms with Gasteiger partial charge in [0.25, 0.3) is 0 Å². The van der Waals surface area contributed by atoms with E-state index in [0.717, 1.165) is 37.9 Å². The number of aromatic nitrogens is 1. The van der Waals surface area contributed by atoms with Crippen LogP contribution in [0.3, 0.4) is 0 Å². The zero-order chi connectivity index (χ0) is 13.7. The summed E-state index contributed by atoms with van der Waals surface area (Å²) in [6.07, 6.45) is 6.18. The maximum atomic E-state index is 8.91. The van der Waals surface area contributed by atoms with Gasteiger partial charge in [-0.25, -0.2) is 0 Å². The van der Waals surface area contributed by atoms with Crippen molar-refractivity contribution in [3.63, 3.8) is 0 Å². The van der Waals surface area contributed by atoms with E-state index in [2.05, 4.69) is 36.3 Å². The van der Waals surface area contributed by atoms with Gasteiger partial charge in [-0.1, -0.05) is 19.9 Å². The molecule has 1 aliphatic carbocycles. The van der Waals surface area contributed by atoms with Gasteiger partial charge >= 0.3 is 0 Å². The summed E-state index contributed by atoms with van der Waals surface area (Å²) in [6, 6.07) is 9.04. The average Bonchev–Trinajstić information content (AvgIpc) is 2.47. The Hall–Kier alpha value is -1.40. The molecule has 0 aliphatic heterocycles. The van der Waals surface area contributed by atoms with Crippen LogP contribution in [0.15, 0.2) is 24.4 Å². The summed E-state index contributed by atoms with van der Waals surface area (Å²) in [5, 5.41) is 12.6. The third-order valence-corrected chi connectivity index (χ3v) is 4.10. The molecule has 0 aromatic carbocycles. The number of hydrogen-bond donors (Lipinski definition) is 1. The van der Waals surface area contributed by atoms with E-state index >= 15 is 0 Å². The first kappa shape index (κ1) is 14.0. The highest BCUT2D eigenvalue weighted by molar-refractivity contribution is 5.15. The Morgan fingerprint density at radius 1 is 1.32 bits per heavy atom. The molecule has 0 saturated heterocycles. The molecule has 3 nitrogen and oxygen atoms in total. The van der Waals surface area contributed by atoms with Crippen molar-refractivity contribution in [3.8, 4) is 6.07 Å². The van der Waals surface area contributed by atoms with E-state index in [0.29, 0.717) is 6.04 Å². The Morgan fingerprint density at radius 2 is 2.05 bits per heavy atom. The normalized spacial score (nSPS) is 23.8. The van der Waals surface area contributed by atoms with Crippen molar-refractivity contribution < 1.29 is 0 Å². The SMILES string of the molecule is CC(C)(CNC1CCC(C#N)CC1)c1ccccn1. The van der Waals surface area contributed by atoms with Crippen molar-refractivity contribution in [3.05, 3.63) is 30.1 Å². The number of nitrogens with zero attached hydrogens (tertiary/aromatic N) is 2. The van der Waals surface area contributed by atoms with Crippen LogP contribution in [0.2, 0.25) is 0 Å². The molecule has 3 heteroatoms. The van der Waals surface area contributed by atoms with Gasteiger partial charge in [-0.15, -0.1) is 0 Å². The molecular weight excluding hydrogens is 234 g/mol. The molecule has 0 radical (unpaired) electrons. The highest BCUT2D eigenvalue weighted by Crippen LogP contribution is 2.25. The molecular formula is C16H23N3. The van der Waals surface area contributed by atoms with E-state index < -0.39 is 0 Å². The standard InChI is InChI=1S/C16H23N3/c1-16(2,15-5-3-4-10-18-15)12-19-14-8-6-13(11-17)7-9-14/h3-5,10,13-14,19H,6-9,12H2,1-2H3. The quantitative estimate of drug-likeness (QED) is 0.902. The number of rotatable bonds is 4. The Kier molecular flexibility index (Phi) is 4.55. The molecule has 0 spiro atoms. The molecule has 1 N–H and O–H groups in total. The highest BCUT2D eigenvalue weighted by atomic mass is 14.9. The van der Waals surface area contributed by atoms with Crippen LogP contribution in [-0.2, 0) is 5.41 Å². The highest BCUT2D eigenvalue weighted by Gasteiger charge is 2.25. The van der Waals surface area contributed by atoms with Gasteiger partial charge in [0.2, 0.25) is 0 Å². The van der Waals surface area contributed by atoms with Crippen LogP contribution in [0.25, 0.3) is 0 Å². The van der Waals surface area contributed by atoms with Gasteiger partial charge in [-0.2, -0.15) is 5.26 Å². The molecule has 0 amide bonds. The zero-order valence-electron chi connectivity index (χ0n) is 11.9. The Labute approximate surface area is 116 Å². The molecule has 102 valence electrons. The van der Waals surface area contributed by atoms with Crippen molar-refractivity contribution in [2.75, 3.05) is 6.54 Å². The summed E-state index contributed by atoms with van der Waals surface area (Å²) in [5.74, 6) is 0.279. The zero-order valence-corrected chi connectivity index (χ0v) is 11.9. The minimum absolute atomic E-state index is 0.0489. The van der Waals surface area contributed by atoms with Crippen molar-refractivity contribution >= 4 is 0 Å². The lowest BCUT2D eigenvalue weighted by Crippen LogP contribution is -2.41. The van der Waals surface area contributed by atoms with Gasteiger partial charge < -0.3 is 5.32 Å². The van der Waals surface area contributed by atoms with Crippen LogP contribution in [-0.4, -0.2) is 17.6 Å². The Morgan fingerprint density at radius 3 is 2.63 bits per heavy atom. The van der Waals surface area contributed by atoms with Gasteiger partial charge in [0.05, 0.1) is 6.07 Å².